The molecule has 0 aliphatic carbocycles. The van der Waals surface area contributed by atoms with Crippen LogP contribution in [0.15, 0.2) is 42.7 Å². The van der Waals surface area contributed by atoms with Crippen LogP contribution in [-0.2, 0) is 0 Å². The monoisotopic (exact) mass is 437 g/mol. The Kier molecular flexibility index (Phi) is 4.89. The number of aryl methyl sites for hydroxylation is 1. The minimum atomic E-state index is -0.751. The van der Waals surface area contributed by atoms with E-state index in [0.717, 1.165) is 11.8 Å². The van der Waals surface area contributed by atoms with Gasteiger partial charge in [-0.15, -0.1) is 0 Å². The Labute approximate surface area is 183 Å². The highest BCUT2D eigenvalue weighted by atomic mass is 19.1. The molecule has 1 atom stereocenters. The van der Waals surface area contributed by atoms with Crippen LogP contribution in [-0.4, -0.2) is 34.1 Å². The van der Waals surface area contributed by atoms with E-state index in [0.29, 0.717) is 47.1 Å². The van der Waals surface area contributed by atoms with Gasteiger partial charge < -0.3 is 15.6 Å². The van der Waals surface area contributed by atoms with Gasteiger partial charge in [0.15, 0.2) is 5.82 Å². The molecule has 1 unspecified atom stereocenters. The molecule has 2 aromatic heterocycles. The van der Waals surface area contributed by atoms with Crippen LogP contribution in [0.2, 0.25) is 0 Å². The topological polar surface area (TPSA) is 70.8 Å². The van der Waals surface area contributed by atoms with Crippen molar-refractivity contribution in [1.82, 2.24) is 15.0 Å². The van der Waals surface area contributed by atoms with Crippen molar-refractivity contribution in [2.75, 3.05) is 18.0 Å². The number of nitrogens with two attached hydrogens (primary N) is 1. The first-order valence-electron chi connectivity index (χ1n) is 10.4. The average Bonchev–Trinajstić information content (AvgIpc) is 3.13. The second-order valence-electron chi connectivity index (χ2n) is 8.41. The molecule has 164 valence electrons. The van der Waals surface area contributed by atoms with Gasteiger partial charge in [-0.1, -0.05) is 18.2 Å². The number of imidazole rings is 1. The molecule has 0 bridgehead atoms. The van der Waals surface area contributed by atoms with Gasteiger partial charge in [0.05, 0.1) is 16.8 Å². The molecule has 2 aromatic carbocycles. The summed E-state index contributed by atoms with van der Waals surface area (Å²) in [6, 6.07) is 7.24. The Morgan fingerprint density at radius 3 is 2.59 bits per heavy atom. The molecule has 3 heterocycles. The second-order valence-corrected chi connectivity index (χ2v) is 8.41. The number of hydrogen-bond donors (Lipinski definition) is 2. The third-order valence-corrected chi connectivity index (χ3v) is 6.13. The molecule has 8 heteroatoms. The van der Waals surface area contributed by atoms with E-state index in [1.165, 1.54) is 6.07 Å². The number of nitrogens with one attached hydrogen (secondary N) is 1. The van der Waals surface area contributed by atoms with Crippen LogP contribution in [0.3, 0.4) is 0 Å². The highest BCUT2D eigenvalue weighted by Gasteiger charge is 2.34. The lowest BCUT2D eigenvalue weighted by Crippen LogP contribution is -2.54. The molecule has 0 radical (unpaired) electrons. The number of fused-ring (bicyclic) bond motifs is 1. The number of halogens is 3. The van der Waals surface area contributed by atoms with Gasteiger partial charge in [-0.25, -0.2) is 18.2 Å². The summed E-state index contributed by atoms with van der Waals surface area (Å²) in [5, 5.41) is 0. The summed E-state index contributed by atoms with van der Waals surface area (Å²) in [6.07, 6.45) is 3.23. The van der Waals surface area contributed by atoms with E-state index in [2.05, 4.69) is 19.9 Å². The van der Waals surface area contributed by atoms with Crippen molar-refractivity contribution in [1.29, 1.82) is 0 Å². The lowest BCUT2D eigenvalue weighted by molar-refractivity contribution is 0.355. The lowest BCUT2D eigenvalue weighted by atomic mass is 9.90. The number of H-pyrrole nitrogens is 1. The summed E-state index contributed by atoms with van der Waals surface area (Å²) in [5.41, 5.74) is 9.23. The van der Waals surface area contributed by atoms with E-state index in [4.69, 9.17) is 5.73 Å². The van der Waals surface area contributed by atoms with E-state index in [1.54, 1.807) is 37.5 Å². The Balaban J connectivity index is 1.71. The Hall–Kier alpha value is -3.39. The summed E-state index contributed by atoms with van der Waals surface area (Å²) in [5.74, 6) is -1.13. The number of hydrogen-bond acceptors (Lipinski definition) is 4. The van der Waals surface area contributed by atoms with Crippen molar-refractivity contribution >= 4 is 16.7 Å². The fourth-order valence-corrected chi connectivity index (χ4v) is 4.22. The maximum Gasteiger partial charge on any atom is 0.153 e. The predicted octanol–water partition coefficient (Wildman–Crippen LogP) is 4.80. The first-order chi connectivity index (χ1) is 15.3. The highest BCUT2D eigenvalue weighted by Crippen LogP contribution is 2.42. The predicted molar refractivity (Wildman–Crippen MR) is 119 cm³/mol. The zero-order valence-electron chi connectivity index (χ0n) is 17.7. The maximum absolute atomic E-state index is 15.1. The first kappa shape index (κ1) is 20.5. The number of aromatic nitrogens is 3. The quantitative estimate of drug-likeness (QED) is 0.481. The summed E-state index contributed by atoms with van der Waals surface area (Å²) >= 11 is 0. The molecule has 5 nitrogen and oxygen atoms in total. The third kappa shape index (κ3) is 3.31. The van der Waals surface area contributed by atoms with E-state index < -0.39 is 11.6 Å². The summed E-state index contributed by atoms with van der Waals surface area (Å²) in [6.45, 7) is 5.06. The molecular formula is C24H22F3N5. The number of rotatable bonds is 4. The molecule has 3 N–H and O–H groups in total. The zero-order valence-corrected chi connectivity index (χ0v) is 17.7. The smallest absolute Gasteiger partial charge is 0.153 e. The number of benzene rings is 2. The zero-order chi connectivity index (χ0) is 22.6. The van der Waals surface area contributed by atoms with Gasteiger partial charge >= 0.3 is 0 Å². The Morgan fingerprint density at radius 2 is 1.84 bits per heavy atom. The van der Waals surface area contributed by atoms with Crippen molar-refractivity contribution < 1.29 is 13.2 Å². The van der Waals surface area contributed by atoms with Crippen LogP contribution in [0.4, 0.5) is 18.9 Å². The lowest BCUT2D eigenvalue weighted by Gasteiger charge is -2.44. The SMILES string of the molecule is Cc1cccc(-c2cncc(-c3nc4c(F)cc(F)cc4[nH]3)c2N2CC(C(C)N)C2)c1F. The highest BCUT2D eigenvalue weighted by molar-refractivity contribution is 5.91. The standard InChI is InChI=1S/C24H22F3N5/c1-12-4-3-5-16(21(12)27)17-8-29-9-18(23(17)32-10-14(11-32)13(2)28)24-30-20-7-15(25)6-19(26)22(20)31-24/h3-9,13-14H,10-11,28H2,1-2H3,(H,30,31). The Morgan fingerprint density at radius 1 is 1.09 bits per heavy atom. The van der Waals surface area contributed by atoms with Crippen molar-refractivity contribution in [3.63, 3.8) is 0 Å². The fraction of sp³-hybridized carbons (Fsp3) is 0.250. The molecular weight excluding hydrogens is 415 g/mol. The molecule has 0 saturated carbocycles. The summed E-state index contributed by atoms with van der Waals surface area (Å²) < 4.78 is 43.1. The maximum atomic E-state index is 15.1. The van der Waals surface area contributed by atoms with Crippen molar-refractivity contribution in [2.24, 2.45) is 11.7 Å². The van der Waals surface area contributed by atoms with Crippen LogP contribution in [0.25, 0.3) is 33.5 Å². The minimum absolute atomic E-state index is 0.0268. The van der Waals surface area contributed by atoms with Gasteiger partial charge in [0, 0.05) is 54.6 Å². The number of anilines is 1. The third-order valence-electron chi connectivity index (χ3n) is 6.13. The van der Waals surface area contributed by atoms with Gasteiger partial charge in [0.1, 0.15) is 23.0 Å². The van der Waals surface area contributed by atoms with Crippen LogP contribution < -0.4 is 10.6 Å². The van der Waals surface area contributed by atoms with Gasteiger partial charge in [0.25, 0.3) is 0 Å². The normalized spacial score (nSPS) is 15.2. The molecule has 32 heavy (non-hydrogen) atoms. The van der Waals surface area contributed by atoms with E-state index in [9.17, 15) is 8.78 Å². The minimum Gasteiger partial charge on any atom is -0.370 e. The van der Waals surface area contributed by atoms with Gasteiger partial charge in [-0.3, -0.25) is 4.98 Å². The van der Waals surface area contributed by atoms with Crippen LogP contribution in [0.1, 0.15) is 12.5 Å². The summed E-state index contributed by atoms with van der Waals surface area (Å²) in [4.78, 5) is 13.8. The average molecular weight is 437 g/mol. The van der Waals surface area contributed by atoms with Gasteiger partial charge in [-0.05, 0) is 25.5 Å². The Bertz CT molecular complexity index is 1320. The van der Waals surface area contributed by atoms with Crippen molar-refractivity contribution in [3.8, 4) is 22.5 Å². The molecule has 1 fully saturated rings. The summed E-state index contributed by atoms with van der Waals surface area (Å²) in [7, 11) is 0. The van der Waals surface area contributed by atoms with Crippen LogP contribution in [0.5, 0.6) is 0 Å². The number of pyridine rings is 1. The van der Waals surface area contributed by atoms with Gasteiger partial charge in [-0.2, -0.15) is 0 Å². The largest absolute Gasteiger partial charge is 0.370 e. The second kappa shape index (κ2) is 7.63. The molecule has 1 aliphatic heterocycles. The van der Waals surface area contributed by atoms with Crippen molar-refractivity contribution in [3.05, 3.63) is 65.7 Å². The van der Waals surface area contributed by atoms with Crippen LogP contribution >= 0.6 is 0 Å². The molecule has 1 aliphatic rings. The van der Waals surface area contributed by atoms with Gasteiger partial charge in [0.2, 0.25) is 0 Å². The van der Waals surface area contributed by atoms with E-state index in [-0.39, 0.29) is 22.9 Å². The van der Waals surface area contributed by atoms with E-state index in [1.807, 2.05) is 6.92 Å². The fourth-order valence-electron chi connectivity index (χ4n) is 4.22. The number of nitrogens with zero attached hydrogens (tertiary/aromatic N) is 3. The molecule has 0 spiro atoms. The van der Waals surface area contributed by atoms with Crippen LogP contribution in [0, 0.1) is 30.3 Å². The van der Waals surface area contributed by atoms with Crippen molar-refractivity contribution in [2.45, 2.75) is 19.9 Å². The molecule has 4 aromatic rings. The molecule has 5 rings (SSSR count). The van der Waals surface area contributed by atoms with E-state index >= 15 is 4.39 Å². The first-order valence-corrected chi connectivity index (χ1v) is 10.4. The number of aromatic amines is 1. The molecule has 1 saturated heterocycles. The molecule has 0 amide bonds.